The molecule has 0 spiro atoms. The second-order valence-corrected chi connectivity index (χ2v) is 6.46. The van der Waals surface area contributed by atoms with Crippen LogP contribution in [0.4, 0.5) is 0 Å². The van der Waals surface area contributed by atoms with Crippen LogP contribution in [-0.2, 0) is 0 Å². The summed E-state index contributed by atoms with van der Waals surface area (Å²) in [6.45, 7) is 12.4. The lowest BCUT2D eigenvalue weighted by atomic mass is 9.64. The van der Waals surface area contributed by atoms with Gasteiger partial charge in [-0.1, -0.05) is 34.6 Å². The molecule has 2 aliphatic rings. The summed E-state index contributed by atoms with van der Waals surface area (Å²) in [7, 11) is 0. The van der Waals surface area contributed by atoms with E-state index in [0.717, 1.165) is 17.8 Å². The van der Waals surface area contributed by atoms with Gasteiger partial charge >= 0.3 is 0 Å². The average Bonchev–Trinajstić information content (AvgIpc) is 2.34. The zero-order valence-corrected chi connectivity index (χ0v) is 9.85. The lowest BCUT2D eigenvalue weighted by Gasteiger charge is -2.41. The van der Waals surface area contributed by atoms with E-state index in [1.807, 2.05) is 0 Å². The molecule has 2 bridgehead atoms. The molecule has 0 aromatic heterocycles. The number of hydrogen-bond donors (Lipinski definition) is 0. The molecule has 2 aliphatic carbocycles. The van der Waals surface area contributed by atoms with Gasteiger partial charge in [0.2, 0.25) is 0 Å². The minimum atomic E-state index is 0.613. The first-order valence-corrected chi connectivity index (χ1v) is 5.89. The van der Waals surface area contributed by atoms with Crippen molar-refractivity contribution in [2.45, 2.75) is 53.9 Å². The lowest BCUT2D eigenvalue weighted by Crippen LogP contribution is -2.34. The van der Waals surface area contributed by atoms with E-state index >= 15 is 0 Å². The second-order valence-electron chi connectivity index (χ2n) is 6.46. The molecule has 0 aromatic rings. The largest absolute Gasteiger partial charge is 0.0625 e. The molecule has 2 fully saturated rings. The fourth-order valence-corrected chi connectivity index (χ4v) is 4.27. The molecule has 2 saturated carbocycles. The van der Waals surface area contributed by atoms with Crippen LogP contribution in [-0.4, -0.2) is 0 Å². The van der Waals surface area contributed by atoms with Crippen LogP contribution in [0.2, 0.25) is 0 Å². The highest BCUT2D eigenvalue weighted by molar-refractivity contribution is 5.10. The van der Waals surface area contributed by atoms with Crippen LogP contribution in [0.5, 0.6) is 0 Å². The summed E-state index contributed by atoms with van der Waals surface area (Å²) >= 11 is 0. The maximum absolute atomic E-state index is 2.55. The predicted molar refractivity (Wildman–Crippen MR) is 57.6 cm³/mol. The molecule has 0 heteroatoms. The van der Waals surface area contributed by atoms with E-state index in [1.54, 1.807) is 0 Å². The number of rotatable bonds is 1. The predicted octanol–water partition coefficient (Wildman–Crippen LogP) is 4.10. The first kappa shape index (κ1) is 9.55. The van der Waals surface area contributed by atoms with Crippen LogP contribution < -0.4 is 0 Å². The lowest BCUT2D eigenvalue weighted by molar-refractivity contribution is 0.0766. The van der Waals surface area contributed by atoms with Crippen LogP contribution >= 0.6 is 0 Å². The highest BCUT2D eigenvalue weighted by Crippen LogP contribution is 2.69. The van der Waals surface area contributed by atoms with E-state index in [4.69, 9.17) is 0 Å². The van der Waals surface area contributed by atoms with Gasteiger partial charge in [-0.25, -0.2) is 0 Å². The molecule has 0 N–H and O–H groups in total. The third-order valence-corrected chi connectivity index (χ3v) is 5.67. The third-order valence-electron chi connectivity index (χ3n) is 5.67. The van der Waals surface area contributed by atoms with Gasteiger partial charge in [-0.2, -0.15) is 0 Å². The normalized spacial score (nSPS) is 47.5. The molecule has 0 saturated heterocycles. The fraction of sp³-hybridized carbons (Fsp3) is 1.00. The van der Waals surface area contributed by atoms with Gasteiger partial charge < -0.3 is 0 Å². The van der Waals surface area contributed by atoms with E-state index < -0.39 is 0 Å². The molecular weight excluding hydrogens is 156 g/mol. The van der Waals surface area contributed by atoms with E-state index in [0.29, 0.717) is 10.8 Å². The smallest absolute Gasteiger partial charge is 0.0241 e. The summed E-state index contributed by atoms with van der Waals surface area (Å²) in [5.41, 5.74) is 1.26. The summed E-state index contributed by atoms with van der Waals surface area (Å²) in [4.78, 5) is 0. The van der Waals surface area contributed by atoms with Crippen molar-refractivity contribution in [2.24, 2.45) is 28.6 Å². The average molecular weight is 180 g/mol. The molecule has 13 heavy (non-hydrogen) atoms. The van der Waals surface area contributed by atoms with Crippen molar-refractivity contribution >= 4 is 0 Å². The fourth-order valence-electron chi connectivity index (χ4n) is 4.27. The van der Waals surface area contributed by atoms with Gasteiger partial charge in [0.15, 0.2) is 0 Å². The Labute approximate surface area is 83.1 Å². The van der Waals surface area contributed by atoms with Crippen LogP contribution in [0.1, 0.15) is 53.9 Å². The topological polar surface area (TPSA) is 0 Å². The Morgan fingerprint density at radius 1 is 1.15 bits per heavy atom. The highest BCUT2D eigenvalue weighted by Gasteiger charge is 2.61. The van der Waals surface area contributed by atoms with E-state index in [2.05, 4.69) is 34.6 Å². The van der Waals surface area contributed by atoms with Crippen molar-refractivity contribution in [2.75, 3.05) is 0 Å². The maximum atomic E-state index is 2.55. The number of fused-ring (bicyclic) bond motifs is 2. The van der Waals surface area contributed by atoms with Gasteiger partial charge in [0, 0.05) is 0 Å². The second kappa shape index (κ2) is 2.52. The number of hydrogen-bond acceptors (Lipinski definition) is 0. The molecule has 0 aromatic carbocycles. The Morgan fingerprint density at radius 2 is 1.77 bits per heavy atom. The summed E-state index contributed by atoms with van der Waals surface area (Å²) in [6, 6.07) is 0. The standard InChI is InChI=1S/C13H24/c1-9(2)11-8-10-6-7-13(11,5)12(10,3)4/h9-11H,6-8H2,1-5H3/t10-,11?,13+/m1/s1. The molecule has 76 valence electrons. The third kappa shape index (κ3) is 0.980. The van der Waals surface area contributed by atoms with Gasteiger partial charge in [-0.05, 0) is 47.8 Å². The highest BCUT2D eigenvalue weighted by atomic mass is 14.7. The molecular formula is C13H24. The van der Waals surface area contributed by atoms with Gasteiger partial charge in [-0.3, -0.25) is 0 Å². The Morgan fingerprint density at radius 3 is 2.00 bits per heavy atom. The monoisotopic (exact) mass is 180 g/mol. The molecule has 0 aliphatic heterocycles. The quantitative estimate of drug-likeness (QED) is 0.570. The van der Waals surface area contributed by atoms with Crippen molar-refractivity contribution in [3.63, 3.8) is 0 Å². The van der Waals surface area contributed by atoms with Gasteiger partial charge in [0.25, 0.3) is 0 Å². The zero-order chi connectivity index (χ0) is 9.85. The van der Waals surface area contributed by atoms with Crippen molar-refractivity contribution in [3.8, 4) is 0 Å². The van der Waals surface area contributed by atoms with Gasteiger partial charge in [0.05, 0.1) is 0 Å². The van der Waals surface area contributed by atoms with Crippen LogP contribution in [0.25, 0.3) is 0 Å². The Balaban J connectivity index is 2.33. The van der Waals surface area contributed by atoms with Crippen molar-refractivity contribution in [1.82, 2.24) is 0 Å². The molecule has 0 heterocycles. The molecule has 0 amide bonds. The summed E-state index contributed by atoms with van der Waals surface area (Å²) < 4.78 is 0. The SMILES string of the molecule is CC(C)C1C[C@H]2CC[C@]1(C)C2(C)C. The van der Waals surface area contributed by atoms with Gasteiger partial charge in [-0.15, -0.1) is 0 Å². The molecule has 3 atom stereocenters. The first-order chi connectivity index (χ1) is 5.89. The summed E-state index contributed by atoms with van der Waals surface area (Å²) in [6.07, 6.45) is 4.47. The summed E-state index contributed by atoms with van der Waals surface area (Å²) in [5, 5.41) is 0. The van der Waals surface area contributed by atoms with Crippen molar-refractivity contribution < 1.29 is 0 Å². The van der Waals surface area contributed by atoms with Gasteiger partial charge in [0.1, 0.15) is 0 Å². The van der Waals surface area contributed by atoms with Crippen LogP contribution in [0.3, 0.4) is 0 Å². The Hall–Kier alpha value is 0. The van der Waals surface area contributed by atoms with E-state index in [1.165, 1.54) is 19.3 Å². The van der Waals surface area contributed by atoms with E-state index in [9.17, 15) is 0 Å². The van der Waals surface area contributed by atoms with E-state index in [-0.39, 0.29) is 0 Å². The zero-order valence-electron chi connectivity index (χ0n) is 9.85. The molecule has 0 radical (unpaired) electrons. The Kier molecular flexibility index (Phi) is 1.85. The minimum Gasteiger partial charge on any atom is -0.0625 e. The molecule has 2 rings (SSSR count). The molecule has 0 nitrogen and oxygen atoms in total. The maximum Gasteiger partial charge on any atom is -0.0241 e. The van der Waals surface area contributed by atoms with Crippen molar-refractivity contribution in [1.29, 1.82) is 0 Å². The van der Waals surface area contributed by atoms with Crippen LogP contribution in [0.15, 0.2) is 0 Å². The van der Waals surface area contributed by atoms with Crippen molar-refractivity contribution in [3.05, 3.63) is 0 Å². The van der Waals surface area contributed by atoms with Crippen LogP contribution in [0, 0.1) is 28.6 Å². The Bertz CT molecular complexity index is 214. The minimum absolute atomic E-state index is 0.613. The first-order valence-electron chi connectivity index (χ1n) is 5.89. The summed E-state index contributed by atoms with van der Waals surface area (Å²) in [5.74, 6) is 2.89. The molecule has 1 unspecified atom stereocenters.